The van der Waals surface area contributed by atoms with Crippen LogP contribution in [0, 0.1) is 5.82 Å². The van der Waals surface area contributed by atoms with Crippen molar-refractivity contribution < 1.29 is 4.39 Å². The first-order chi connectivity index (χ1) is 12.2. The van der Waals surface area contributed by atoms with Gasteiger partial charge < -0.3 is 9.80 Å². The summed E-state index contributed by atoms with van der Waals surface area (Å²) in [6, 6.07) is 4.84. The number of benzene rings is 1. The van der Waals surface area contributed by atoms with Crippen LogP contribution in [0.2, 0.25) is 5.02 Å². The fourth-order valence-corrected chi connectivity index (χ4v) is 4.34. The standard InChI is InChI=1S/C18H18ClFN4S/c1-2-23-5-7-24(8-6-23)17-16-13(10-25-18(16)22-11-21-17)12-3-4-15(20)14(19)9-12/h3-4,9-11H,2,5-8H2,1H3. The number of piperazine rings is 1. The van der Waals surface area contributed by atoms with E-state index >= 15 is 0 Å². The molecule has 1 aromatic carbocycles. The Balaban J connectivity index is 1.78. The summed E-state index contributed by atoms with van der Waals surface area (Å²) < 4.78 is 13.5. The van der Waals surface area contributed by atoms with Crippen LogP contribution < -0.4 is 4.90 Å². The van der Waals surface area contributed by atoms with Crippen molar-refractivity contribution >= 4 is 39.0 Å². The van der Waals surface area contributed by atoms with E-state index in [4.69, 9.17) is 11.6 Å². The van der Waals surface area contributed by atoms with Gasteiger partial charge in [-0.25, -0.2) is 14.4 Å². The molecule has 0 aliphatic carbocycles. The second-order valence-corrected chi connectivity index (χ2v) is 7.34. The van der Waals surface area contributed by atoms with Gasteiger partial charge in [-0.2, -0.15) is 0 Å². The minimum Gasteiger partial charge on any atom is -0.353 e. The van der Waals surface area contributed by atoms with E-state index in [1.54, 1.807) is 29.8 Å². The third-order valence-electron chi connectivity index (χ3n) is 4.70. The molecule has 4 rings (SSSR count). The van der Waals surface area contributed by atoms with E-state index in [0.29, 0.717) is 0 Å². The summed E-state index contributed by atoms with van der Waals surface area (Å²) in [6.07, 6.45) is 1.63. The van der Waals surface area contributed by atoms with E-state index in [1.165, 1.54) is 6.07 Å². The van der Waals surface area contributed by atoms with E-state index < -0.39 is 5.82 Å². The normalized spacial score (nSPS) is 15.9. The van der Waals surface area contributed by atoms with Gasteiger partial charge in [-0.1, -0.05) is 24.6 Å². The molecular weight excluding hydrogens is 359 g/mol. The maximum Gasteiger partial charge on any atom is 0.141 e. The van der Waals surface area contributed by atoms with Crippen LogP contribution in [0.15, 0.2) is 29.9 Å². The number of nitrogens with zero attached hydrogens (tertiary/aromatic N) is 4. The molecular formula is C18H18ClFN4S. The maximum atomic E-state index is 13.5. The monoisotopic (exact) mass is 376 g/mol. The average Bonchev–Trinajstić information content (AvgIpc) is 3.08. The average molecular weight is 377 g/mol. The Hall–Kier alpha value is -1.76. The summed E-state index contributed by atoms with van der Waals surface area (Å²) >= 11 is 7.56. The lowest BCUT2D eigenvalue weighted by Crippen LogP contribution is -2.46. The zero-order valence-corrected chi connectivity index (χ0v) is 15.4. The number of likely N-dealkylation sites (N-methyl/N-ethyl adjacent to an activating group) is 1. The van der Waals surface area contributed by atoms with E-state index in [9.17, 15) is 4.39 Å². The van der Waals surface area contributed by atoms with Crippen LogP contribution in [0.5, 0.6) is 0 Å². The van der Waals surface area contributed by atoms with Crippen molar-refractivity contribution in [3.8, 4) is 11.1 Å². The van der Waals surface area contributed by atoms with Crippen molar-refractivity contribution in [2.45, 2.75) is 6.92 Å². The van der Waals surface area contributed by atoms with Crippen LogP contribution >= 0.6 is 22.9 Å². The van der Waals surface area contributed by atoms with Gasteiger partial charge in [0.25, 0.3) is 0 Å². The molecule has 3 heterocycles. The Morgan fingerprint density at radius 3 is 2.72 bits per heavy atom. The van der Waals surface area contributed by atoms with Crippen LogP contribution in [0.3, 0.4) is 0 Å². The fraction of sp³-hybridized carbons (Fsp3) is 0.333. The lowest BCUT2D eigenvalue weighted by molar-refractivity contribution is 0.271. The molecule has 0 spiro atoms. The summed E-state index contributed by atoms with van der Waals surface area (Å²) in [4.78, 5) is 14.7. The Bertz CT molecular complexity index is 905. The molecule has 4 nitrogen and oxygen atoms in total. The van der Waals surface area contributed by atoms with Gasteiger partial charge in [0.1, 0.15) is 22.8 Å². The van der Waals surface area contributed by atoms with Gasteiger partial charge in [0, 0.05) is 37.1 Å². The minimum absolute atomic E-state index is 0.131. The summed E-state index contributed by atoms with van der Waals surface area (Å²) in [7, 11) is 0. The van der Waals surface area contributed by atoms with E-state index in [0.717, 1.165) is 59.9 Å². The van der Waals surface area contributed by atoms with Crippen LogP contribution in [0.1, 0.15) is 6.92 Å². The first kappa shape index (κ1) is 16.7. The number of anilines is 1. The molecule has 130 valence electrons. The highest BCUT2D eigenvalue weighted by molar-refractivity contribution is 7.17. The number of rotatable bonds is 3. The van der Waals surface area contributed by atoms with E-state index in [1.807, 2.05) is 0 Å². The lowest BCUT2D eigenvalue weighted by atomic mass is 10.1. The zero-order chi connectivity index (χ0) is 17.4. The highest BCUT2D eigenvalue weighted by atomic mass is 35.5. The van der Waals surface area contributed by atoms with Crippen molar-refractivity contribution in [1.29, 1.82) is 0 Å². The van der Waals surface area contributed by atoms with Gasteiger partial charge in [-0.3, -0.25) is 0 Å². The molecule has 1 aliphatic rings. The molecule has 1 fully saturated rings. The third-order valence-corrected chi connectivity index (χ3v) is 5.88. The molecule has 0 amide bonds. The number of fused-ring (bicyclic) bond motifs is 1. The van der Waals surface area contributed by atoms with Gasteiger partial charge >= 0.3 is 0 Å². The van der Waals surface area contributed by atoms with Crippen LogP contribution in [0.25, 0.3) is 21.3 Å². The highest BCUT2D eigenvalue weighted by Crippen LogP contribution is 2.39. The summed E-state index contributed by atoms with van der Waals surface area (Å²) in [5.41, 5.74) is 1.90. The van der Waals surface area contributed by atoms with Crippen molar-refractivity contribution in [1.82, 2.24) is 14.9 Å². The Morgan fingerprint density at radius 1 is 1.20 bits per heavy atom. The third kappa shape index (κ3) is 3.10. The van der Waals surface area contributed by atoms with Crippen molar-refractivity contribution in [3.05, 3.63) is 40.7 Å². The number of hydrogen-bond acceptors (Lipinski definition) is 5. The van der Waals surface area contributed by atoms with Gasteiger partial charge in [-0.15, -0.1) is 11.3 Å². The van der Waals surface area contributed by atoms with Gasteiger partial charge in [0.15, 0.2) is 0 Å². The van der Waals surface area contributed by atoms with Crippen molar-refractivity contribution in [3.63, 3.8) is 0 Å². The molecule has 25 heavy (non-hydrogen) atoms. The Kier molecular flexibility index (Phi) is 4.58. The number of thiophene rings is 1. The summed E-state index contributed by atoms with van der Waals surface area (Å²) in [5, 5.41) is 3.21. The minimum atomic E-state index is -0.405. The molecule has 0 unspecified atom stereocenters. The van der Waals surface area contributed by atoms with E-state index in [-0.39, 0.29) is 5.02 Å². The second kappa shape index (κ2) is 6.86. The molecule has 0 bridgehead atoms. The van der Waals surface area contributed by atoms with Crippen LogP contribution in [-0.4, -0.2) is 47.6 Å². The number of hydrogen-bond donors (Lipinski definition) is 0. The Morgan fingerprint density at radius 2 is 2.00 bits per heavy atom. The maximum absolute atomic E-state index is 13.5. The van der Waals surface area contributed by atoms with Gasteiger partial charge in [0.2, 0.25) is 0 Å². The van der Waals surface area contributed by atoms with Gasteiger partial charge in [-0.05, 0) is 24.2 Å². The van der Waals surface area contributed by atoms with Crippen LogP contribution in [-0.2, 0) is 0 Å². The SMILES string of the molecule is CCN1CCN(c2ncnc3scc(-c4ccc(F)c(Cl)c4)c23)CC1. The zero-order valence-electron chi connectivity index (χ0n) is 13.9. The molecule has 0 saturated carbocycles. The molecule has 2 aromatic heterocycles. The molecule has 0 atom stereocenters. The van der Waals surface area contributed by atoms with Crippen molar-refractivity contribution in [2.75, 3.05) is 37.6 Å². The highest BCUT2D eigenvalue weighted by Gasteiger charge is 2.22. The number of aromatic nitrogens is 2. The fourth-order valence-electron chi connectivity index (χ4n) is 3.25. The smallest absolute Gasteiger partial charge is 0.141 e. The van der Waals surface area contributed by atoms with Gasteiger partial charge in [0.05, 0.1) is 10.4 Å². The number of halogens is 2. The molecule has 3 aromatic rings. The lowest BCUT2D eigenvalue weighted by Gasteiger charge is -2.35. The first-order valence-electron chi connectivity index (χ1n) is 8.32. The topological polar surface area (TPSA) is 32.3 Å². The molecule has 0 N–H and O–H groups in total. The first-order valence-corrected chi connectivity index (χ1v) is 9.58. The summed E-state index contributed by atoms with van der Waals surface area (Å²) in [6.45, 7) is 7.21. The molecule has 7 heteroatoms. The molecule has 1 aliphatic heterocycles. The quantitative estimate of drug-likeness (QED) is 0.682. The Labute approximate surface area is 154 Å². The summed E-state index contributed by atoms with van der Waals surface area (Å²) in [5.74, 6) is 0.551. The van der Waals surface area contributed by atoms with E-state index in [2.05, 4.69) is 32.1 Å². The van der Waals surface area contributed by atoms with Crippen LogP contribution in [0.4, 0.5) is 10.2 Å². The molecule has 1 saturated heterocycles. The van der Waals surface area contributed by atoms with Crippen molar-refractivity contribution in [2.24, 2.45) is 0 Å². The predicted molar refractivity (Wildman–Crippen MR) is 102 cm³/mol. The predicted octanol–water partition coefficient (Wildman–Crippen LogP) is 4.29. The second-order valence-electron chi connectivity index (χ2n) is 6.08. The largest absolute Gasteiger partial charge is 0.353 e. The molecule has 0 radical (unpaired) electrons.